The Bertz CT molecular complexity index is 418. The normalized spacial score (nSPS) is 17.9. The minimum Gasteiger partial charge on any atom is -0.372 e. The van der Waals surface area contributed by atoms with Crippen LogP contribution in [-0.4, -0.2) is 30.3 Å². The van der Waals surface area contributed by atoms with Gasteiger partial charge in [0.15, 0.2) is 0 Å². The second kappa shape index (κ2) is 5.27. The van der Waals surface area contributed by atoms with Gasteiger partial charge >= 0.3 is 0 Å². The average molecular weight is 248 g/mol. The van der Waals surface area contributed by atoms with Crippen molar-refractivity contribution < 1.29 is 4.79 Å². The van der Waals surface area contributed by atoms with Gasteiger partial charge in [0.2, 0.25) is 5.91 Å². The van der Waals surface area contributed by atoms with E-state index in [1.54, 1.807) is 25.1 Å². The summed E-state index contributed by atoms with van der Waals surface area (Å²) in [5, 5.41) is 3.76. The van der Waals surface area contributed by atoms with E-state index in [4.69, 9.17) is 0 Å². The van der Waals surface area contributed by atoms with Crippen LogP contribution >= 0.6 is 11.8 Å². The summed E-state index contributed by atoms with van der Waals surface area (Å²) in [7, 11) is 3.51. The molecule has 0 radical (unpaired) electrons. The van der Waals surface area contributed by atoms with E-state index in [-0.39, 0.29) is 5.91 Å². The van der Waals surface area contributed by atoms with Crippen LogP contribution in [0.5, 0.6) is 0 Å². The van der Waals surface area contributed by atoms with Crippen molar-refractivity contribution in [1.82, 2.24) is 4.90 Å². The Morgan fingerprint density at radius 2 is 2.24 bits per heavy atom. The van der Waals surface area contributed by atoms with Crippen molar-refractivity contribution in [3.05, 3.63) is 36.4 Å². The van der Waals surface area contributed by atoms with Crippen LogP contribution in [0, 0.1) is 0 Å². The number of thioether (sulfide) groups is 1. The van der Waals surface area contributed by atoms with Crippen molar-refractivity contribution in [1.29, 1.82) is 0 Å². The minimum absolute atomic E-state index is 0.0329. The van der Waals surface area contributed by atoms with E-state index in [0.29, 0.717) is 5.37 Å². The van der Waals surface area contributed by atoms with Gasteiger partial charge in [0.25, 0.3) is 0 Å². The molecule has 1 amide bonds. The highest BCUT2D eigenvalue weighted by atomic mass is 32.2. The van der Waals surface area contributed by atoms with E-state index in [0.717, 1.165) is 6.42 Å². The Morgan fingerprint density at radius 1 is 1.47 bits per heavy atom. The standard InChI is InChI=1S/C13H16N2OS/c1-15(2)13(16)9-5-8-12-14-10-6-3-4-7-11(10)17-12/h3-7,9,12,14H,8H2,1-2H3. The number of carbonyl (C=O) groups is 1. The SMILES string of the molecule is CN(C)C(=O)C=CCC1Nc2ccccc2S1. The summed E-state index contributed by atoms with van der Waals surface area (Å²) in [6, 6.07) is 8.26. The molecule has 90 valence electrons. The van der Waals surface area contributed by atoms with E-state index in [1.165, 1.54) is 10.6 Å². The maximum absolute atomic E-state index is 11.3. The van der Waals surface area contributed by atoms with Gasteiger partial charge in [-0.2, -0.15) is 0 Å². The molecule has 4 heteroatoms. The van der Waals surface area contributed by atoms with Crippen molar-refractivity contribution in [2.75, 3.05) is 19.4 Å². The van der Waals surface area contributed by atoms with E-state index >= 15 is 0 Å². The Labute approximate surface area is 106 Å². The molecule has 0 fully saturated rings. The molecule has 1 aliphatic rings. The number of carbonyl (C=O) groups excluding carboxylic acids is 1. The van der Waals surface area contributed by atoms with Crippen LogP contribution in [0.4, 0.5) is 5.69 Å². The summed E-state index contributed by atoms with van der Waals surface area (Å²) >= 11 is 1.81. The summed E-state index contributed by atoms with van der Waals surface area (Å²) in [4.78, 5) is 14.2. The first-order valence-electron chi connectivity index (χ1n) is 5.57. The predicted molar refractivity (Wildman–Crippen MR) is 72.2 cm³/mol. The summed E-state index contributed by atoms with van der Waals surface area (Å²) in [6.45, 7) is 0. The van der Waals surface area contributed by atoms with Gasteiger partial charge in [-0.25, -0.2) is 0 Å². The number of benzene rings is 1. The predicted octanol–water partition coefficient (Wildman–Crippen LogP) is 2.56. The van der Waals surface area contributed by atoms with Gasteiger partial charge in [0.1, 0.15) is 0 Å². The van der Waals surface area contributed by atoms with Crippen LogP contribution in [0.15, 0.2) is 41.3 Å². The zero-order valence-corrected chi connectivity index (χ0v) is 10.8. The zero-order valence-electron chi connectivity index (χ0n) is 10.0. The number of amides is 1. The largest absolute Gasteiger partial charge is 0.372 e. The summed E-state index contributed by atoms with van der Waals surface area (Å²) in [5.41, 5.74) is 1.19. The molecule has 1 atom stereocenters. The molecule has 1 heterocycles. The number of nitrogens with one attached hydrogen (secondary N) is 1. The second-order valence-electron chi connectivity index (χ2n) is 4.12. The highest BCUT2D eigenvalue weighted by Gasteiger charge is 2.19. The molecule has 1 aliphatic heterocycles. The Morgan fingerprint density at radius 3 is 2.94 bits per heavy atom. The van der Waals surface area contributed by atoms with Gasteiger partial charge in [-0.05, 0) is 24.6 Å². The molecule has 0 spiro atoms. The fraction of sp³-hybridized carbons (Fsp3) is 0.308. The van der Waals surface area contributed by atoms with Crippen molar-refractivity contribution in [2.24, 2.45) is 0 Å². The third-order valence-electron chi connectivity index (χ3n) is 2.52. The van der Waals surface area contributed by atoms with Crippen molar-refractivity contribution in [2.45, 2.75) is 16.7 Å². The summed E-state index contributed by atoms with van der Waals surface area (Å²) in [5.74, 6) is 0.0329. The molecular weight excluding hydrogens is 232 g/mol. The van der Waals surface area contributed by atoms with E-state index in [9.17, 15) is 4.79 Å². The Hall–Kier alpha value is -1.42. The monoisotopic (exact) mass is 248 g/mol. The van der Waals surface area contributed by atoms with Crippen LogP contribution < -0.4 is 5.32 Å². The lowest BCUT2D eigenvalue weighted by atomic mass is 10.3. The van der Waals surface area contributed by atoms with Gasteiger partial charge in [0.05, 0.1) is 5.37 Å². The molecule has 0 saturated heterocycles. The molecule has 0 aliphatic carbocycles. The molecule has 0 bridgehead atoms. The maximum Gasteiger partial charge on any atom is 0.245 e. The second-order valence-corrected chi connectivity index (χ2v) is 5.36. The third kappa shape index (κ3) is 3.03. The molecule has 0 saturated carbocycles. The van der Waals surface area contributed by atoms with E-state index < -0.39 is 0 Å². The number of para-hydroxylation sites is 1. The Kier molecular flexibility index (Phi) is 3.74. The molecule has 2 rings (SSSR count). The van der Waals surface area contributed by atoms with Crippen molar-refractivity contribution >= 4 is 23.4 Å². The first kappa shape index (κ1) is 12.0. The number of hydrogen-bond donors (Lipinski definition) is 1. The molecule has 1 aromatic rings. The van der Waals surface area contributed by atoms with Crippen molar-refractivity contribution in [3.8, 4) is 0 Å². The molecule has 1 aromatic carbocycles. The molecule has 0 aromatic heterocycles. The van der Waals surface area contributed by atoms with Crippen LogP contribution in [0.2, 0.25) is 0 Å². The molecule has 1 unspecified atom stereocenters. The lowest BCUT2D eigenvalue weighted by molar-refractivity contribution is -0.123. The van der Waals surface area contributed by atoms with Crippen molar-refractivity contribution in [3.63, 3.8) is 0 Å². The maximum atomic E-state index is 11.3. The fourth-order valence-corrected chi connectivity index (χ4v) is 2.70. The Balaban J connectivity index is 1.86. The van der Waals surface area contributed by atoms with Gasteiger partial charge in [-0.1, -0.05) is 30.0 Å². The van der Waals surface area contributed by atoms with Gasteiger partial charge < -0.3 is 10.2 Å². The minimum atomic E-state index is 0.0329. The number of anilines is 1. The molecule has 3 nitrogen and oxygen atoms in total. The molecular formula is C13H16N2OS. The lowest BCUT2D eigenvalue weighted by Crippen LogP contribution is -2.19. The highest BCUT2D eigenvalue weighted by molar-refractivity contribution is 8.00. The summed E-state index contributed by atoms with van der Waals surface area (Å²) < 4.78 is 0. The first-order valence-corrected chi connectivity index (χ1v) is 6.45. The van der Waals surface area contributed by atoms with E-state index in [2.05, 4.69) is 17.4 Å². The third-order valence-corrected chi connectivity index (χ3v) is 3.73. The zero-order chi connectivity index (χ0) is 12.3. The van der Waals surface area contributed by atoms with Crippen LogP contribution in [0.1, 0.15) is 6.42 Å². The summed E-state index contributed by atoms with van der Waals surface area (Å²) in [6.07, 6.45) is 4.41. The fourth-order valence-electron chi connectivity index (χ4n) is 1.59. The van der Waals surface area contributed by atoms with E-state index in [1.807, 2.05) is 30.0 Å². The van der Waals surface area contributed by atoms with Gasteiger partial charge in [0, 0.05) is 24.7 Å². The molecule has 1 N–H and O–H groups in total. The average Bonchev–Trinajstić information content (AvgIpc) is 2.71. The smallest absolute Gasteiger partial charge is 0.245 e. The van der Waals surface area contributed by atoms with Gasteiger partial charge in [-0.3, -0.25) is 4.79 Å². The highest BCUT2D eigenvalue weighted by Crippen LogP contribution is 2.39. The van der Waals surface area contributed by atoms with Crippen LogP contribution in [0.25, 0.3) is 0 Å². The quantitative estimate of drug-likeness (QED) is 0.834. The van der Waals surface area contributed by atoms with Gasteiger partial charge in [-0.15, -0.1) is 0 Å². The number of nitrogens with zero attached hydrogens (tertiary/aromatic N) is 1. The number of likely N-dealkylation sites (N-methyl/N-ethyl adjacent to an activating group) is 1. The number of rotatable bonds is 3. The molecule has 17 heavy (non-hydrogen) atoms. The number of hydrogen-bond acceptors (Lipinski definition) is 3. The topological polar surface area (TPSA) is 32.3 Å². The van der Waals surface area contributed by atoms with Crippen LogP contribution in [-0.2, 0) is 4.79 Å². The lowest BCUT2D eigenvalue weighted by Gasteiger charge is -2.08. The first-order chi connectivity index (χ1) is 8.16. The number of fused-ring (bicyclic) bond motifs is 1. The van der Waals surface area contributed by atoms with Crippen LogP contribution in [0.3, 0.4) is 0 Å².